The molecule has 0 saturated carbocycles. The molecule has 14 N–H and O–H groups in total. The summed E-state index contributed by atoms with van der Waals surface area (Å²) in [6.07, 6.45) is 12.4. The number of para-hydroxylation sites is 1. The SMILES string of the molecule is C[C@@H](O)[C@@H]1NC(=O)[C@H](CCCCN)NC(=O)[C@@H](Cc2c[nH]c3ccccc23)NC(=O)[C@H](Cc2ccccc2)NC(=O)[C@H](Cc2ccccc2)NC(=O)[C@H](CCCN=C(N)N)CC(=O)[C@H](N(CCSC[C@@H]2C[C@@H]3c4cccc5c4C(=CC5)C[C@H]3N(C)C2)CCSC[C@@H]2C[C@@H]3c4cccc5[nH]cc(c45)C[C@H]3N(C)C2)CCCCCC(=O)[C@H](Cc2ccc(F)cc2)CC1=O. The Kier molecular flexibility index (Phi) is 32.5. The van der Waals surface area contributed by atoms with Gasteiger partial charge in [-0.1, -0.05) is 140 Å². The number of guanidine groups is 1. The maximum absolute atomic E-state index is 16.4. The Morgan fingerprint density at radius 3 is 1.80 bits per heavy atom. The van der Waals surface area contributed by atoms with Gasteiger partial charge >= 0.3 is 0 Å². The lowest BCUT2D eigenvalue weighted by Crippen LogP contribution is -2.60. The lowest BCUT2D eigenvalue weighted by atomic mass is 9.70. The number of halogens is 1. The number of carbonyl (C=O) groups is 8. The highest BCUT2D eigenvalue weighted by Crippen LogP contribution is 2.50. The summed E-state index contributed by atoms with van der Waals surface area (Å²) in [6.45, 7) is 4.87. The molecule has 26 heteroatoms. The van der Waals surface area contributed by atoms with E-state index < -0.39 is 102 Å². The molecule has 3 fully saturated rings. The zero-order valence-corrected chi connectivity index (χ0v) is 74.7. The number of hydrogen-bond acceptors (Lipinski definition) is 16. The molecule has 0 spiro atoms. The van der Waals surface area contributed by atoms with E-state index in [9.17, 15) is 9.50 Å². The molecule has 23 nitrogen and oxygen atoms in total. The number of piperidine rings is 2. The van der Waals surface area contributed by atoms with Gasteiger partial charge in [0, 0.05) is 153 Å². The van der Waals surface area contributed by atoms with Gasteiger partial charge in [0.15, 0.2) is 17.5 Å². The highest BCUT2D eigenvalue weighted by molar-refractivity contribution is 7.99. The fourth-order valence-corrected chi connectivity index (χ4v) is 22.9. The van der Waals surface area contributed by atoms with Crippen molar-refractivity contribution in [3.8, 4) is 0 Å². The molecule has 3 aliphatic carbocycles. The number of nitrogens with two attached hydrogens (primary N) is 3. The molecule has 0 radical (unpaired) electrons. The number of rotatable bonds is 28. The number of likely N-dealkylation sites (N-methyl/N-ethyl adjacent to an activating group) is 2. The number of benzene rings is 6. The van der Waals surface area contributed by atoms with Gasteiger partial charge in [0.05, 0.1) is 12.1 Å². The summed E-state index contributed by atoms with van der Waals surface area (Å²) in [5, 5.41) is 28.5. The van der Waals surface area contributed by atoms with Crippen LogP contribution in [0.3, 0.4) is 0 Å². The number of fused-ring (bicyclic) bond motifs is 5. The summed E-state index contributed by atoms with van der Waals surface area (Å²) in [6, 6.07) is 38.1. The average Bonchev–Trinajstić information content (AvgIpc) is 1.55. The second kappa shape index (κ2) is 44.3. The third kappa shape index (κ3) is 23.8. The van der Waals surface area contributed by atoms with Gasteiger partial charge in [-0.25, -0.2) is 4.39 Å². The number of aliphatic hydroxyl groups is 1. The zero-order chi connectivity index (χ0) is 88.3. The number of nitrogens with zero attached hydrogens (tertiary/aromatic N) is 4. The van der Waals surface area contributed by atoms with Crippen molar-refractivity contribution in [3.63, 3.8) is 0 Å². The number of aliphatic imine (C=N–C) groups is 1. The number of Topliss-reactive ketones (excluding diaryl/α,β-unsaturated/α-hetero) is 3. The molecule has 670 valence electrons. The van der Waals surface area contributed by atoms with Crippen molar-refractivity contribution in [2.75, 3.05) is 76.4 Å². The molecule has 3 saturated heterocycles. The van der Waals surface area contributed by atoms with E-state index in [4.69, 9.17) is 17.2 Å². The standard InChI is InChI=1S/C100H127FN14O9S2/c1-62(116)94-91(119)55-71(46-65-34-38-74(101)39-35-65)89(117)33-12-6-11-32-86(115(42-44-125-60-66-47-78-76-27-17-24-68-36-37-69(92(68)76)52-87(78)113(2)58-66)43-45-126-61-67-48-79-77-28-18-31-81-93(77)73(57-107-81)53-88(79)114(3)59-67)90(118)54-70(25-19-41-105-100(103)104)95(120)109-83(49-63-20-7-4-8-21-63)97(122)110-84(50-64-22-9-5-10-23-64)98(123)111-85(51-72-56-106-80-29-14-13-26-75(72)80)99(124)108-82(96(121)112-94)30-15-16-40-102/h4-5,7-10,13-14,17-18,20-24,26-29,31,34-35,37-39,56-57,62,66-67,70-71,78-79,82-88,94,106-107,116H,6,11-12,15-16,19,25,30,32-33,36,40-55,58-61,102H2,1-3H3,(H,108,124)(H,109,120)(H,110,122)(H,111,123)(H,112,121)(H4,103,104,105)/t62-,66-,67-,70-,71-,78-,79-,82+,83+,84+,85-,86-,87-,88-,94+/m1/s1. The Balaban J connectivity index is 0.797. The molecule has 8 aromatic rings. The first-order valence-corrected chi connectivity index (χ1v) is 48.0. The van der Waals surface area contributed by atoms with Gasteiger partial charge in [-0.3, -0.25) is 48.2 Å². The van der Waals surface area contributed by atoms with Crippen LogP contribution in [0.4, 0.5) is 4.39 Å². The molecule has 3 aliphatic heterocycles. The number of unbranched alkanes of at least 4 members (excludes halogenated alkanes) is 1. The molecule has 0 unspecified atom stereocenters. The van der Waals surface area contributed by atoms with Crippen LogP contribution in [0.25, 0.3) is 27.4 Å². The number of nitrogens with one attached hydrogen (secondary N) is 7. The largest absolute Gasteiger partial charge is 0.391 e. The molecule has 14 rings (SSSR count). The monoisotopic (exact) mass is 1750 g/mol. The summed E-state index contributed by atoms with van der Waals surface area (Å²) in [5.41, 5.74) is 31.1. The summed E-state index contributed by atoms with van der Waals surface area (Å²) in [7, 11) is 4.56. The Bertz CT molecular complexity index is 5140. The highest BCUT2D eigenvalue weighted by atomic mass is 32.2. The lowest BCUT2D eigenvalue weighted by molar-refractivity contribution is -0.136. The van der Waals surface area contributed by atoms with Crippen molar-refractivity contribution < 1.29 is 47.9 Å². The second-order valence-corrected chi connectivity index (χ2v) is 38.5. The van der Waals surface area contributed by atoms with Crippen LogP contribution in [0.15, 0.2) is 169 Å². The number of ketones is 3. The molecule has 6 aromatic carbocycles. The van der Waals surface area contributed by atoms with E-state index in [1.54, 1.807) is 18.3 Å². The fraction of sp³-hybridized carbons (Fsp3) is 0.490. The number of carbonyl (C=O) groups excluding carboxylic acids is 8. The van der Waals surface area contributed by atoms with Crippen LogP contribution in [0, 0.1) is 29.5 Å². The minimum absolute atomic E-state index is 0.0259. The first-order chi connectivity index (χ1) is 61.1. The predicted octanol–water partition coefficient (Wildman–Crippen LogP) is 11.0. The molecule has 15 atom stereocenters. The van der Waals surface area contributed by atoms with Gasteiger partial charge in [-0.15, -0.1) is 0 Å². The van der Waals surface area contributed by atoms with Crippen LogP contribution in [0.1, 0.15) is 165 Å². The summed E-state index contributed by atoms with van der Waals surface area (Å²) < 4.78 is 14.6. The number of likely N-dealkylation sites (tertiary alicyclic amines) is 2. The van der Waals surface area contributed by atoms with E-state index in [0.717, 1.165) is 79.1 Å². The molecule has 5 amide bonds. The Morgan fingerprint density at radius 2 is 1.13 bits per heavy atom. The molecule has 6 aliphatic rings. The predicted molar refractivity (Wildman–Crippen MR) is 500 cm³/mol. The van der Waals surface area contributed by atoms with Crippen LogP contribution < -0.4 is 43.8 Å². The smallest absolute Gasteiger partial charge is 0.243 e. The second-order valence-electron chi connectivity index (χ2n) is 36.2. The normalized spacial score (nSPS) is 25.6. The third-order valence-corrected chi connectivity index (χ3v) is 29.6. The van der Waals surface area contributed by atoms with Gasteiger partial charge in [0.25, 0.3) is 0 Å². The Labute approximate surface area is 748 Å². The molecule has 2 aromatic heterocycles. The van der Waals surface area contributed by atoms with E-state index in [0.29, 0.717) is 116 Å². The fourth-order valence-electron chi connectivity index (χ4n) is 20.7. The summed E-state index contributed by atoms with van der Waals surface area (Å²) in [5.74, 6) is -2.29. The van der Waals surface area contributed by atoms with Crippen LogP contribution in [-0.4, -0.2) is 213 Å². The number of thioether (sulfide) groups is 2. The topological polar surface area (TPSA) is 349 Å². The highest BCUT2D eigenvalue weighted by Gasteiger charge is 2.44. The molecule has 126 heavy (non-hydrogen) atoms. The number of aliphatic hydroxyl groups excluding tert-OH is 1. The van der Waals surface area contributed by atoms with E-state index in [2.05, 4.69) is 119 Å². The average molecular weight is 1750 g/mol. The van der Waals surface area contributed by atoms with Gasteiger partial charge in [-0.05, 0) is 214 Å². The van der Waals surface area contributed by atoms with Crippen molar-refractivity contribution in [2.24, 2.45) is 45.9 Å². The van der Waals surface area contributed by atoms with Crippen LogP contribution in [0.2, 0.25) is 0 Å². The number of aromatic nitrogens is 2. The lowest BCUT2D eigenvalue weighted by Gasteiger charge is -2.47. The third-order valence-electron chi connectivity index (χ3n) is 27.2. The summed E-state index contributed by atoms with van der Waals surface area (Å²) >= 11 is 3.85. The molecule has 5 heterocycles. The minimum atomic E-state index is -1.55. The van der Waals surface area contributed by atoms with Gasteiger partial charge in [0.2, 0.25) is 29.5 Å². The molecule has 0 bridgehead atoms. The van der Waals surface area contributed by atoms with Gasteiger partial charge in [-0.2, -0.15) is 23.5 Å². The van der Waals surface area contributed by atoms with Crippen LogP contribution in [0.5, 0.6) is 0 Å². The maximum Gasteiger partial charge on any atom is 0.243 e. The van der Waals surface area contributed by atoms with Crippen molar-refractivity contribution in [2.45, 2.75) is 208 Å². The first kappa shape index (κ1) is 92.4. The summed E-state index contributed by atoms with van der Waals surface area (Å²) in [4.78, 5) is 143. The number of hydrogen-bond donors (Lipinski definition) is 11. The number of H-pyrrole nitrogens is 2. The van der Waals surface area contributed by atoms with Gasteiger partial charge < -0.3 is 68.7 Å². The van der Waals surface area contributed by atoms with E-state index in [1.807, 2.05) is 108 Å². The minimum Gasteiger partial charge on any atom is -0.391 e. The molecular weight excluding hydrogens is 1620 g/mol. The van der Waals surface area contributed by atoms with E-state index in [-0.39, 0.29) is 82.0 Å². The number of allylic oxidation sites excluding steroid dienone is 1. The van der Waals surface area contributed by atoms with Crippen molar-refractivity contribution >= 4 is 104 Å². The van der Waals surface area contributed by atoms with Crippen LogP contribution in [-0.2, 0) is 76.9 Å². The quantitative estimate of drug-likeness (QED) is 0.0123. The maximum atomic E-state index is 16.4. The van der Waals surface area contributed by atoms with Crippen molar-refractivity contribution in [1.82, 2.24) is 51.3 Å². The number of amides is 5. The van der Waals surface area contributed by atoms with Gasteiger partial charge in [0.1, 0.15) is 41.8 Å². The van der Waals surface area contributed by atoms with Crippen LogP contribution >= 0.6 is 23.5 Å². The van der Waals surface area contributed by atoms with Crippen molar-refractivity contribution in [1.29, 1.82) is 0 Å². The zero-order valence-electron chi connectivity index (χ0n) is 73.1. The van der Waals surface area contributed by atoms with E-state index in [1.165, 1.54) is 63.3 Å². The Morgan fingerprint density at radius 1 is 0.556 bits per heavy atom. The number of aromatic amines is 2. The van der Waals surface area contributed by atoms with E-state index >= 15 is 38.4 Å². The first-order valence-electron chi connectivity index (χ1n) is 45.7. The molecular formula is C100H127FN14O9S2. The van der Waals surface area contributed by atoms with Crippen molar-refractivity contribution in [3.05, 3.63) is 220 Å². The Hall–Kier alpha value is -9.80.